The Labute approximate surface area is 126 Å². The maximum Gasteiger partial charge on any atom is 0.175 e. The summed E-state index contributed by atoms with van der Waals surface area (Å²) in [4.78, 5) is 5.45. The second-order valence-corrected chi connectivity index (χ2v) is 6.13. The minimum Gasteiger partial charge on any atom is -0.492 e. The third-order valence-electron chi connectivity index (χ3n) is 4.89. The topological polar surface area (TPSA) is 57.0 Å². The van der Waals surface area contributed by atoms with E-state index in [0.29, 0.717) is 11.8 Å². The molecule has 0 saturated carbocycles. The van der Waals surface area contributed by atoms with Crippen LogP contribution in [-0.2, 0) is 14.3 Å². The zero-order chi connectivity index (χ0) is 14.8. The first kappa shape index (κ1) is 14.9. The Morgan fingerprint density at radius 3 is 3.00 bits per heavy atom. The molecule has 1 fully saturated rings. The van der Waals surface area contributed by atoms with E-state index in [-0.39, 0.29) is 6.23 Å². The van der Waals surface area contributed by atoms with Crippen LogP contribution in [0.3, 0.4) is 0 Å². The number of rotatable bonds is 5. The van der Waals surface area contributed by atoms with Crippen LogP contribution < -0.4 is 5.73 Å². The molecule has 3 aliphatic rings. The van der Waals surface area contributed by atoms with Crippen LogP contribution in [0.2, 0.25) is 0 Å². The van der Waals surface area contributed by atoms with Crippen molar-refractivity contribution >= 4 is 0 Å². The maximum absolute atomic E-state index is 5.87. The zero-order valence-corrected chi connectivity index (χ0v) is 13.0. The number of allylic oxidation sites excluding steroid dienone is 1. The largest absolute Gasteiger partial charge is 0.492 e. The summed E-state index contributed by atoms with van der Waals surface area (Å²) in [5, 5.41) is 1.77. The Kier molecular flexibility index (Phi) is 4.52. The summed E-state index contributed by atoms with van der Waals surface area (Å²) in [7, 11) is 3.41. The van der Waals surface area contributed by atoms with Crippen molar-refractivity contribution in [2.75, 3.05) is 27.4 Å². The Morgan fingerprint density at radius 2 is 2.29 bits per heavy atom. The molecule has 1 aliphatic carbocycles. The van der Waals surface area contributed by atoms with Gasteiger partial charge in [0, 0.05) is 12.7 Å². The molecular weight excluding hydrogens is 268 g/mol. The van der Waals surface area contributed by atoms with Gasteiger partial charge in [-0.1, -0.05) is 0 Å². The summed E-state index contributed by atoms with van der Waals surface area (Å²) in [6, 6.07) is 0. The Hall–Kier alpha value is -1.04. The van der Waals surface area contributed by atoms with Gasteiger partial charge in [-0.2, -0.15) is 0 Å². The minimum absolute atomic E-state index is 0.126. The van der Waals surface area contributed by atoms with E-state index in [1.165, 1.54) is 24.0 Å². The molecule has 2 heterocycles. The zero-order valence-electron chi connectivity index (χ0n) is 13.0. The normalized spacial score (nSPS) is 31.7. The van der Waals surface area contributed by atoms with E-state index in [9.17, 15) is 0 Å². The summed E-state index contributed by atoms with van der Waals surface area (Å²) in [5.74, 6) is 2.29. The van der Waals surface area contributed by atoms with Gasteiger partial charge < -0.3 is 15.2 Å². The molecule has 1 saturated heterocycles. The van der Waals surface area contributed by atoms with Gasteiger partial charge in [0.15, 0.2) is 6.23 Å². The average molecular weight is 294 g/mol. The molecule has 3 atom stereocenters. The van der Waals surface area contributed by atoms with E-state index in [2.05, 4.69) is 0 Å². The van der Waals surface area contributed by atoms with Crippen molar-refractivity contribution in [1.82, 2.24) is 5.06 Å². The van der Waals surface area contributed by atoms with Crippen molar-refractivity contribution in [3.8, 4) is 0 Å². The molecule has 3 unspecified atom stereocenters. The summed E-state index contributed by atoms with van der Waals surface area (Å²) >= 11 is 0. The van der Waals surface area contributed by atoms with Gasteiger partial charge in [-0.25, -0.2) is 5.06 Å². The number of hydroxylamine groups is 2. The number of methoxy groups -OCH3 is 1. The summed E-state index contributed by atoms with van der Waals surface area (Å²) < 4.78 is 11.6. The van der Waals surface area contributed by atoms with Crippen molar-refractivity contribution in [2.45, 2.75) is 38.3 Å². The van der Waals surface area contributed by atoms with E-state index in [1.54, 1.807) is 19.3 Å². The van der Waals surface area contributed by atoms with Gasteiger partial charge in [-0.05, 0) is 56.1 Å². The Morgan fingerprint density at radius 1 is 1.43 bits per heavy atom. The van der Waals surface area contributed by atoms with Crippen LogP contribution in [0.25, 0.3) is 0 Å². The summed E-state index contributed by atoms with van der Waals surface area (Å²) in [6.45, 7) is 1.57. The molecule has 5 nitrogen and oxygen atoms in total. The fourth-order valence-electron chi connectivity index (χ4n) is 4.00. The molecular formula is C16H26N2O3. The number of nitrogens with zero attached hydrogens (tertiary/aromatic N) is 1. The van der Waals surface area contributed by atoms with Crippen LogP contribution in [0.15, 0.2) is 23.1 Å². The predicted molar refractivity (Wildman–Crippen MR) is 79.8 cm³/mol. The predicted octanol–water partition coefficient (Wildman–Crippen LogP) is 2.16. The molecule has 2 aliphatic heterocycles. The molecule has 2 N–H and O–H groups in total. The lowest BCUT2D eigenvalue weighted by Crippen LogP contribution is -2.42. The first-order valence-electron chi connectivity index (χ1n) is 7.91. The molecule has 3 rings (SSSR count). The molecule has 21 heavy (non-hydrogen) atoms. The molecule has 0 bridgehead atoms. The highest BCUT2D eigenvalue weighted by Gasteiger charge is 2.41. The van der Waals surface area contributed by atoms with E-state index in [0.717, 1.165) is 38.2 Å². The average Bonchev–Trinajstić information content (AvgIpc) is 2.52. The lowest BCUT2D eigenvalue weighted by atomic mass is 9.71. The first-order chi connectivity index (χ1) is 10.3. The van der Waals surface area contributed by atoms with Crippen molar-refractivity contribution in [1.29, 1.82) is 0 Å². The van der Waals surface area contributed by atoms with Gasteiger partial charge in [0.05, 0.1) is 19.9 Å². The third-order valence-corrected chi connectivity index (χ3v) is 4.89. The Balaban J connectivity index is 1.90. The standard InChI is InChI=1S/C16H26N2O3/c1-19-16-13-9-11(4-3-6-17)8-12-5-7-21-14(15(12)13)10-18(16)20-2/h10-12,16H,3-9,17H2,1-2H3. The highest BCUT2D eigenvalue weighted by Crippen LogP contribution is 2.47. The molecule has 0 aromatic carbocycles. The van der Waals surface area contributed by atoms with Crippen LogP contribution >= 0.6 is 0 Å². The van der Waals surface area contributed by atoms with Crippen molar-refractivity contribution in [3.63, 3.8) is 0 Å². The van der Waals surface area contributed by atoms with Crippen molar-refractivity contribution in [3.05, 3.63) is 23.1 Å². The lowest BCUT2D eigenvalue weighted by molar-refractivity contribution is -0.189. The maximum atomic E-state index is 5.87. The van der Waals surface area contributed by atoms with Crippen LogP contribution in [0.5, 0.6) is 0 Å². The molecule has 0 aromatic rings. The van der Waals surface area contributed by atoms with Gasteiger partial charge in [0.25, 0.3) is 0 Å². The molecule has 118 valence electrons. The highest BCUT2D eigenvalue weighted by atomic mass is 16.7. The van der Waals surface area contributed by atoms with Gasteiger partial charge in [-0.3, -0.25) is 4.84 Å². The third kappa shape index (κ3) is 2.70. The van der Waals surface area contributed by atoms with E-state index >= 15 is 0 Å². The SMILES string of the molecule is COC1C2=C3C(=CN1OC)OCCC3CC(CCCN)C2. The lowest BCUT2D eigenvalue weighted by Gasteiger charge is -2.44. The van der Waals surface area contributed by atoms with E-state index in [4.69, 9.17) is 20.0 Å². The molecule has 0 spiro atoms. The Bertz CT molecular complexity index is 447. The number of nitrogens with two attached hydrogens (primary N) is 1. The fourth-order valence-corrected chi connectivity index (χ4v) is 4.00. The van der Waals surface area contributed by atoms with E-state index < -0.39 is 0 Å². The van der Waals surface area contributed by atoms with Gasteiger partial charge in [-0.15, -0.1) is 0 Å². The van der Waals surface area contributed by atoms with Gasteiger partial charge in [0.1, 0.15) is 5.76 Å². The summed E-state index contributed by atoms with van der Waals surface area (Å²) in [6.07, 6.45) is 7.54. The van der Waals surface area contributed by atoms with Crippen molar-refractivity contribution in [2.24, 2.45) is 17.6 Å². The quantitative estimate of drug-likeness (QED) is 0.842. The molecule has 0 radical (unpaired) electrons. The van der Waals surface area contributed by atoms with Crippen LogP contribution in [0.4, 0.5) is 0 Å². The van der Waals surface area contributed by atoms with Crippen LogP contribution in [0.1, 0.15) is 32.1 Å². The highest BCUT2D eigenvalue weighted by molar-refractivity contribution is 5.41. The van der Waals surface area contributed by atoms with Crippen LogP contribution in [0, 0.1) is 11.8 Å². The van der Waals surface area contributed by atoms with E-state index in [1.807, 2.05) is 6.20 Å². The van der Waals surface area contributed by atoms with Crippen LogP contribution in [-0.4, -0.2) is 38.7 Å². The van der Waals surface area contributed by atoms with Crippen molar-refractivity contribution < 1.29 is 14.3 Å². The number of ether oxygens (including phenoxy) is 2. The second-order valence-electron chi connectivity index (χ2n) is 6.13. The first-order valence-corrected chi connectivity index (χ1v) is 7.91. The fraction of sp³-hybridized carbons (Fsp3) is 0.750. The second kappa shape index (κ2) is 6.38. The van der Waals surface area contributed by atoms with Gasteiger partial charge in [0.2, 0.25) is 0 Å². The molecule has 0 aromatic heterocycles. The summed E-state index contributed by atoms with van der Waals surface area (Å²) in [5.41, 5.74) is 8.40. The molecule has 0 amide bonds. The van der Waals surface area contributed by atoms with Gasteiger partial charge >= 0.3 is 0 Å². The number of hydrogen-bond donors (Lipinski definition) is 1. The smallest absolute Gasteiger partial charge is 0.175 e. The number of hydrogen-bond acceptors (Lipinski definition) is 5. The minimum atomic E-state index is -0.126. The molecule has 5 heteroatoms. The monoisotopic (exact) mass is 294 g/mol.